The molecule has 30 heavy (non-hydrogen) atoms. The molecular formula is C21H27ClN4O3S. The Hall–Kier alpha value is -1.93. The van der Waals surface area contributed by atoms with Crippen molar-refractivity contribution in [2.45, 2.75) is 54.7 Å². The van der Waals surface area contributed by atoms with Crippen molar-refractivity contribution < 1.29 is 14.4 Å². The lowest BCUT2D eigenvalue weighted by Gasteiger charge is -2.36. The number of piperazine rings is 1. The molecule has 2 heterocycles. The largest absolute Gasteiger partial charge is 0.339 e. The maximum atomic E-state index is 12.8. The number of urea groups is 1. The summed E-state index contributed by atoms with van der Waals surface area (Å²) in [7, 11) is 0. The summed E-state index contributed by atoms with van der Waals surface area (Å²) >= 11 is 7.38. The number of fused-ring (bicyclic) bond motifs is 1. The zero-order valence-electron chi connectivity index (χ0n) is 16.9. The van der Waals surface area contributed by atoms with E-state index >= 15 is 0 Å². The van der Waals surface area contributed by atoms with E-state index < -0.39 is 5.25 Å². The second-order valence-corrected chi connectivity index (χ2v) is 9.77. The number of nitrogens with one attached hydrogen (secondary N) is 2. The first-order valence-corrected chi connectivity index (χ1v) is 11.9. The number of anilines is 1. The maximum absolute atomic E-state index is 12.8. The summed E-state index contributed by atoms with van der Waals surface area (Å²) in [4.78, 5) is 42.1. The molecule has 0 aromatic heterocycles. The topological polar surface area (TPSA) is 81.8 Å². The number of halogens is 1. The summed E-state index contributed by atoms with van der Waals surface area (Å²) in [5.41, 5.74) is 0.693. The van der Waals surface area contributed by atoms with E-state index in [-0.39, 0.29) is 30.3 Å². The summed E-state index contributed by atoms with van der Waals surface area (Å²) in [5.74, 6) is -0.221. The highest BCUT2D eigenvalue weighted by Gasteiger charge is 2.32. The molecular weight excluding hydrogens is 424 g/mol. The number of carbonyl (C=O) groups is 3. The number of amides is 4. The average molecular weight is 451 g/mol. The van der Waals surface area contributed by atoms with Crippen LogP contribution in [0.4, 0.5) is 10.5 Å². The lowest BCUT2D eigenvalue weighted by Crippen LogP contribution is -2.55. The number of thioether (sulfide) groups is 1. The number of nitrogens with zero attached hydrogens (tertiary/aromatic N) is 2. The molecule has 2 N–H and O–H groups in total. The van der Waals surface area contributed by atoms with Gasteiger partial charge in [0.1, 0.15) is 0 Å². The van der Waals surface area contributed by atoms with Crippen LogP contribution in [0.3, 0.4) is 0 Å². The highest BCUT2D eigenvalue weighted by Crippen LogP contribution is 2.38. The van der Waals surface area contributed by atoms with Crippen LogP contribution in [0.5, 0.6) is 0 Å². The summed E-state index contributed by atoms with van der Waals surface area (Å²) in [6.07, 6.45) is 5.87. The van der Waals surface area contributed by atoms with E-state index in [1.807, 2.05) is 6.07 Å². The molecule has 2 fully saturated rings. The van der Waals surface area contributed by atoms with Gasteiger partial charge in [0.15, 0.2) is 0 Å². The second-order valence-electron chi connectivity index (χ2n) is 8.09. The van der Waals surface area contributed by atoms with Gasteiger partial charge < -0.3 is 20.4 Å². The van der Waals surface area contributed by atoms with E-state index in [2.05, 4.69) is 10.6 Å². The van der Waals surface area contributed by atoms with E-state index in [1.165, 1.54) is 31.0 Å². The molecule has 0 radical (unpaired) electrons. The van der Waals surface area contributed by atoms with Gasteiger partial charge in [0.05, 0.1) is 10.9 Å². The van der Waals surface area contributed by atoms with Gasteiger partial charge in [-0.2, -0.15) is 0 Å². The lowest BCUT2D eigenvalue weighted by molar-refractivity contribution is -0.133. The second kappa shape index (κ2) is 9.47. The Labute approximate surface area is 185 Å². The Balaban J connectivity index is 1.26. The molecule has 1 aliphatic carbocycles. The van der Waals surface area contributed by atoms with Crippen LogP contribution < -0.4 is 10.6 Å². The van der Waals surface area contributed by atoms with Gasteiger partial charge in [-0.25, -0.2) is 4.79 Å². The molecule has 3 aliphatic rings. The number of rotatable bonds is 3. The third-order valence-electron chi connectivity index (χ3n) is 5.97. The van der Waals surface area contributed by atoms with Crippen LogP contribution >= 0.6 is 23.4 Å². The third kappa shape index (κ3) is 5.03. The van der Waals surface area contributed by atoms with Crippen LogP contribution in [-0.2, 0) is 9.59 Å². The molecule has 1 saturated heterocycles. The number of hydrogen-bond donors (Lipinski definition) is 2. The maximum Gasteiger partial charge on any atom is 0.317 e. The SMILES string of the molecule is O=C1Nc2cc(Cl)ccc2SC1CC(=O)N1CCN(C(=O)NC2CCCCC2)CC1. The zero-order valence-corrected chi connectivity index (χ0v) is 18.4. The van der Waals surface area contributed by atoms with Gasteiger partial charge in [-0.3, -0.25) is 9.59 Å². The molecule has 4 rings (SSSR count). The predicted molar refractivity (Wildman–Crippen MR) is 118 cm³/mol. The van der Waals surface area contributed by atoms with Crippen LogP contribution in [0.2, 0.25) is 5.02 Å². The number of carbonyl (C=O) groups excluding carboxylic acids is 3. The van der Waals surface area contributed by atoms with Crippen molar-refractivity contribution in [1.29, 1.82) is 0 Å². The van der Waals surface area contributed by atoms with Gasteiger partial charge in [0.25, 0.3) is 0 Å². The van der Waals surface area contributed by atoms with E-state index in [4.69, 9.17) is 11.6 Å². The van der Waals surface area contributed by atoms with E-state index in [1.54, 1.807) is 21.9 Å². The van der Waals surface area contributed by atoms with Crippen molar-refractivity contribution in [3.8, 4) is 0 Å². The van der Waals surface area contributed by atoms with Crippen LogP contribution in [-0.4, -0.2) is 65.1 Å². The highest BCUT2D eigenvalue weighted by molar-refractivity contribution is 8.01. The Bertz CT molecular complexity index is 822. The first-order chi connectivity index (χ1) is 14.5. The smallest absolute Gasteiger partial charge is 0.317 e. The van der Waals surface area contributed by atoms with E-state index in [0.29, 0.717) is 36.9 Å². The van der Waals surface area contributed by atoms with Crippen LogP contribution in [0, 0.1) is 0 Å². The fourth-order valence-electron chi connectivity index (χ4n) is 4.22. The average Bonchev–Trinajstić information content (AvgIpc) is 2.75. The zero-order chi connectivity index (χ0) is 21.1. The molecule has 4 amide bonds. The first-order valence-electron chi connectivity index (χ1n) is 10.6. The Morgan fingerprint density at radius 1 is 1.10 bits per heavy atom. The standard InChI is InChI=1S/C21H27ClN4O3S/c22-14-6-7-17-16(12-14)24-20(28)18(30-17)13-19(27)25-8-10-26(11-9-25)21(29)23-15-4-2-1-3-5-15/h6-7,12,15,18H,1-5,8-11,13H2,(H,23,29)(H,24,28). The van der Waals surface area contributed by atoms with Crippen LogP contribution in [0.25, 0.3) is 0 Å². The highest BCUT2D eigenvalue weighted by atomic mass is 35.5. The number of hydrogen-bond acceptors (Lipinski definition) is 4. The van der Waals surface area contributed by atoms with Crippen molar-refractivity contribution in [3.63, 3.8) is 0 Å². The summed E-state index contributed by atoms with van der Waals surface area (Å²) in [6.45, 7) is 2.05. The fourth-order valence-corrected chi connectivity index (χ4v) is 5.47. The van der Waals surface area contributed by atoms with Gasteiger partial charge in [0, 0.05) is 48.6 Å². The molecule has 1 saturated carbocycles. The summed E-state index contributed by atoms with van der Waals surface area (Å²) in [5, 5.41) is 6.08. The van der Waals surface area contributed by atoms with Gasteiger partial charge in [0.2, 0.25) is 11.8 Å². The molecule has 162 valence electrons. The van der Waals surface area contributed by atoms with Crippen molar-refractivity contribution in [2.75, 3.05) is 31.5 Å². The molecule has 9 heteroatoms. The Kier molecular flexibility index (Phi) is 6.73. The van der Waals surface area contributed by atoms with Crippen LogP contribution in [0.1, 0.15) is 38.5 Å². The molecule has 7 nitrogen and oxygen atoms in total. The minimum absolute atomic E-state index is 0.0218. The molecule has 1 aromatic carbocycles. The fraction of sp³-hybridized carbons (Fsp3) is 0.571. The van der Waals surface area contributed by atoms with Gasteiger partial charge >= 0.3 is 6.03 Å². The van der Waals surface area contributed by atoms with Crippen molar-refractivity contribution >= 4 is 46.9 Å². The minimum atomic E-state index is -0.459. The molecule has 1 atom stereocenters. The molecule has 1 aromatic rings. The monoisotopic (exact) mass is 450 g/mol. The van der Waals surface area contributed by atoms with Crippen molar-refractivity contribution in [3.05, 3.63) is 23.2 Å². The quantitative estimate of drug-likeness (QED) is 0.740. The van der Waals surface area contributed by atoms with Gasteiger partial charge in [-0.05, 0) is 31.0 Å². The Morgan fingerprint density at radius 3 is 2.53 bits per heavy atom. The minimum Gasteiger partial charge on any atom is -0.339 e. The van der Waals surface area contributed by atoms with Crippen molar-refractivity contribution in [2.24, 2.45) is 0 Å². The normalized spacial score (nSPS) is 22.3. The van der Waals surface area contributed by atoms with Crippen LogP contribution in [0.15, 0.2) is 23.1 Å². The van der Waals surface area contributed by atoms with E-state index in [0.717, 1.165) is 17.7 Å². The van der Waals surface area contributed by atoms with Gasteiger partial charge in [-0.15, -0.1) is 11.8 Å². The van der Waals surface area contributed by atoms with E-state index in [9.17, 15) is 14.4 Å². The molecule has 1 unspecified atom stereocenters. The predicted octanol–water partition coefficient (Wildman–Crippen LogP) is 3.33. The lowest BCUT2D eigenvalue weighted by atomic mass is 9.96. The first kappa shape index (κ1) is 21.3. The number of benzene rings is 1. The third-order valence-corrected chi connectivity index (χ3v) is 7.48. The summed E-state index contributed by atoms with van der Waals surface area (Å²) < 4.78 is 0. The Morgan fingerprint density at radius 2 is 1.80 bits per heavy atom. The molecule has 0 bridgehead atoms. The van der Waals surface area contributed by atoms with Crippen molar-refractivity contribution in [1.82, 2.24) is 15.1 Å². The molecule has 2 aliphatic heterocycles. The van der Waals surface area contributed by atoms with Gasteiger partial charge in [-0.1, -0.05) is 30.9 Å². The summed E-state index contributed by atoms with van der Waals surface area (Å²) in [6, 6.07) is 5.62. The molecule has 0 spiro atoms.